The highest BCUT2D eigenvalue weighted by Gasteiger charge is 2.22. The van der Waals surface area contributed by atoms with Gasteiger partial charge in [0.1, 0.15) is 5.82 Å². The quantitative estimate of drug-likeness (QED) is 0.797. The van der Waals surface area contributed by atoms with Gasteiger partial charge in [-0.15, -0.1) is 10.2 Å². The minimum atomic E-state index is -0.0985. The molecule has 0 bridgehead atoms. The van der Waals surface area contributed by atoms with Gasteiger partial charge in [0.15, 0.2) is 5.82 Å². The van der Waals surface area contributed by atoms with Crippen LogP contribution in [0.3, 0.4) is 0 Å². The van der Waals surface area contributed by atoms with Gasteiger partial charge in [-0.1, -0.05) is 12.8 Å². The van der Waals surface area contributed by atoms with Crippen molar-refractivity contribution in [3.63, 3.8) is 0 Å². The van der Waals surface area contributed by atoms with Gasteiger partial charge in [-0.25, -0.2) is 4.68 Å². The Kier molecular flexibility index (Phi) is 5.45. The van der Waals surface area contributed by atoms with Gasteiger partial charge in [0.25, 0.3) is 0 Å². The summed E-state index contributed by atoms with van der Waals surface area (Å²) < 4.78 is 1.80. The third kappa shape index (κ3) is 4.12. The summed E-state index contributed by atoms with van der Waals surface area (Å²) in [6.45, 7) is 4.83. The highest BCUT2D eigenvalue weighted by molar-refractivity contribution is 5.36. The van der Waals surface area contributed by atoms with Crippen LogP contribution in [0.25, 0.3) is 5.82 Å². The zero-order valence-electron chi connectivity index (χ0n) is 14.6. The number of hydrogen-bond acceptors (Lipinski definition) is 5. The predicted molar refractivity (Wildman–Crippen MR) is 94.3 cm³/mol. The van der Waals surface area contributed by atoms with Gasteiger partial charge in [-0.2, -0.15) is 5.10 Å². The summed E-state index contributed by atoms with van der Waals surface area (Å²) >= 11 is 0. The molecule has 0 saturated heterocycles. The van der Waals surface area contributed by atoms with E-state index < -0.39 is 0 Å². The lowest BCUT2D eigenvalue weighted by atomic mass is 9.83. The van der Waals surface area contributed by atoms with E-state index in [9.17, 15) is 5.11 Å². The van der Waals surface area contributed by atoms with Crippen LogP contribution in [0.4, 0.5) is 5.82 Å². The van der Waals surface area contributed by atoms with Crippen molar-refractivity contribution >= 4 is 5.82 Å². The first-order valence-corrected chi connectivity index (χ1v) is 8.93. The van der Waals surface area contributed by atoms with E-state index in [0.717, 1.165) is 55.3 Å². The Bertz CT molecular complexity index is 652. The molecule has 2 N–H and O–H groups in total. The number of hydrogen-bond donors (Lipinski definition) is 2. The van der Waals surface area contributed by atoms with E-state index in [0.29, 0.717) is 5.92 Å². The molecule has 0 radical (unpaired) electrons. The molecule has 0 aliphatic heterocycles. The van der Waals surface area contributed by atoms with Gasteiger partial charge < -0.3 is 10.4 Å². The Balaban J connectivity index is 1.47. The summed E-state index contributed by atoms with van der Waals surface area (Å²) in [6, 6.07) is 5.89. The zero-order valence-corrected chi connectivity index (χ0v) is 14.6. The summed E-state index contributed by atoms with van der Waals surface area (Å²) in [4.78, 5) is 0. The molecule has 1 aliphatic carbocycles. The average Bonchev–Trinajstić information content (AvgIpc) is 2.92. The largest absolute Gasteiger partial charge is 0.393 e. The number of nitrogens with zero attached hydrogens (tertiary/aromatic N) is 4. The van der Waals surface area contributed by atoms with Crippen LogP contribution in [-0.2, 0) is 0 Å². The highest BCUT2D eigenvalue weighted by atomic mass is 16.3. The fourth-order valence-corrected chi connectivity index (χ4v) is 3.50. The van der Waals surface area contributed by atoms with Crippen LogP contribution in [-0.4, -0.2) is 37.7 Å². The minimum absolute atomic E-state index is 0.0985. The maximum Gasteiger partial charge on any atom is 0.176 e. The first kappa shape index (κ1) is 16.9. The molecule has 1 fully saturated rings. The van der Waals surface area contributed by atoms with E-state index in [-0.39, 0.29) is 6.10 Å². The van der Waals surface area contributed by atoms with Crippen molar-refractivity contribution in [3.8, 4) is 5.82 Å². The summed E-state index contributed by atoms with van der Waals surface area (Å²) in [5.41, 5.74) is 2.02. The van der Waals surface area contributed by atoms with Crippen LogP contribution in [0.2, 0.25) is 0 Å². The summed E-state index contributed by atoms with van der Waals surface area (Å²) in [7, 11) is 0. The maximum absolute atomic E-state index is 10.00. The predicted octanol–water partition coefficient (Wildman–Crippen LogP) is 3.02. The second kappa shape index (κ2) is 7.75. The van der Waals surface area contributed by atoms with Gasteiger partial charge in [0.05, 0.1) is 11.8 Å². The van der Waals surface area contributed by atoms with Crippen molar-refractivity contribution in [2.75, 3.05) is 11.9 Å². The van der Waals surface area contributed by atoms with Crippen LogP contribution in [0.5, 0.6) is 0 Å². The van der Waals surface area contributed by atoms with E-state index in [4.69, 9.17) is 0 Å². The Morgan fingerprint density at radius 1 is 1.21 bits per heavy atom. The minimum Gasteiger partial charge on any atom is -0.393 e. The van der Waals surface area contributed by atoms with Crippen molar-refractivity contribution in [2.45, 2.75) is 58.5 Å². The first-order chi connectivity index (χ1) is 11.6. The molecule has 1 saturated carbocycles. The molecule has 6 heteroatoms. The number of aliphatic hydroxyl groups excluding tert-OH is 1. The first-order valence-electron chi connectivity index (χ1n) is 8.93. The molecule has 6 nitrogen and oxygen atoms in total. The van der Waals surface area contributed by atoms with Crippen LogP contribution >= 0.6 is 0 Å². The third-order valence-corrected chi connectivity index (χ3v) is 4.80. The van der Waals surface area contributed by atoms with Crippen molar-refractivity contribution < 1.29 is 5.11 Å². The Morgan fingerprint density at radius 3 is 2.71 bits per heavy atom. The third-order valence-electron chi connectivity index (χ3n) is 4.80. The molecule has 0 amide bonds. The maximum atomic E-state index is 10.00. The van der Waals surface area contributed by atoms with Gasteiger partial charge >= 0.3 is 0 Å². The van der Waals surface area contributed by atoms with Crippen LogP contribution < -0.4 is 5.32 Å². The van der Waals surface area contributed by atoms with E-state index in [1.165, 1.54) is 12.8 Å². The van der Waals surface area contributed by atoms with Crippen molar-refractivity contribution in [1.82, 2.24) is 20.0 Å². The average molecular weight is 329 g/mol. The molecular formula is C18H27N5O. The Morgan fingerprint density at radius 2 is 2.04 bits per heavy atom. The number of nitrogens with one attached hydrogen (secondary N) is 1. The second-order valence-corrected chi connectivity index (χ2v) is 6.80. The molecule has 0 spiro atoms. The fourth-order valence-electron chi connectivity index (χ4n) is 3.50. The molecule has 130 valence electrons. The normalized spacial score (nSPS) is 21.0. The second-order valence-electron chi connectivity index (χ2n) is 6.80. The van der Waals surface area contributed by atoms with Gasteiger partial charge in [0, 0.05) is 12.2 Å². The zero-order chi connectivity index (χ0) is 16.9. The number of aromatic nitrogens is 4. The molecule has 2 atom stereocenters. The molecule has 0 aromatic carbocycles. The standard InChI is InChI=1S/C18H27N5O/c1-13-12-14(2)23(22-13)18-10-9-17(20-21-18)19-11-5-7-15-6-3-4-8-16(15)24/h9-10,12,15-16,24H,3-8,11H2,1-2H3,(H,19,20). The van der Waals surface area contributed by atoms with Crippen LogP contribution in [0.1, 0.15) is 49.9 Å². The summed E-state index contributed by atoms with van der Waals surface area (Å²) in [5, 5.41) is 26.2. The lowest BCUT2D eigenvalue weighted by molar-refractivity contribution is 0.0648. The van der Waals surface area contributed by atoms with Crippen molar-refractivity contribution in [3.05, 3.63) is 29.6 Å². The monoisotopic (exact) mass is 329 g/mol. The molecule has 2 aromatic rings. The molecular weight excluding hydrogens is 302 g/mol. The van der Waals surface area contributed by atoms with E-state index in [2.05, 4.69) is 20.6 Å². The molecule has 2 heterocycles. The fraction of sp³-hybridized carbons (Fsp3) is 0.611. The Labute approximate surface area is 143 Å². The lowest BCUT2D eigenvalue weighted by Crippen LogP contribution is -2.24. The summed E-state index contributed by atoms with van der Waals surface area (Å²) in [6.07, 6.45) is 6.59. The Hall–Kier alpha value is -1.95. The highest BCUT2D eigenvalue weighted by Crippen LogP contribution is 2.27. The van der Waals surface area contributed by atoms with Gasteiger partial charge in [0.2, 0.25) is 0 Å². The van der Waals surface area contributed by atoms with Crippen molar-refractivity contribution in [2.24, 2.45) is 5.92 Å². The van der Waals surface area contributed by atoms with Crippen LogP contribution in [0, 0.1) is 19.8 Å². The van der Waals surface area contributed by atoms with Gasteiger partial charge in [-0.05, 0) is 63.6 Å². The summed E-state index contributed by atoms with van der Waals surface area (Å²) in [5.74, 6) is 1.99. The molecule has 2 aromatic heterocycles. The van der Waals surface area contributed by atoms with E-state index in [1.807, 2.05) is 32.0 Å². The SMILES string of the molecule is Cc1cc(C)n(-c2ccc(NCCCC3CCCCC3O)nn2)n1. The number of rotatable bonds is 6. The van der Waals surface area contributed by atoms with Gasteiger partial charge in [-0.3, -0.25) is 0 Å². The van der Waals surface area contributed by atoms with E-state index >= 15 is 0 Å². The number of anilines is 1. The molecule has 2 unspecified atom stereocenters. The lowest BCUT2D eigenvalue weighted by Gasteiger charge is -2.27. The van der Waals surface area contributed by atoms with E-state index in [1.54, 1.807) is 4.68 Å². The number of aliphatic hydroxyl groups is 1. The number of aryl methyl sites for hydroxylation is 2. The van der Waals surface area contributed by atoms with Crippen LogP contribution in [0.15, 0.2) is 18.2 Å². The molecule has 1 aliphatic rings. The molecule has 3 rings (SSSR count). The smallest absolute Gasteiger partial charge is 0.176 e. The molecule has 24 heavy (non-hydrogen) atoms. The van der Waals surface area contributed by atoms with Crippen molar-refractivity contribution in [1.29, 1.82) is 0 Å². The topological polar surface area (TPSA) is 75.9 Å².